The van der Waals surface area contributed by atoms with Gasteiger partial charge in [0, 0.05) is 31.4 Å². The summed E-state index contributed by atoms with van der Waals surface area (Å²) < 4.78 is 11.0. The molecule has 0 amide bonds. The molecule has 1 atom stereocenters. The molecule has 1 unspecified atom stereocenters. The van der Waals surface area contributed by atoms with E-state index >= 15 is 0 Å². The van der Waals surface area contributed by atoms with Gasteiger partial charge in [-0.1, -0.05) is 48.5 Å². The molecular formula is C25H27NO4. The number of rotatable bonds is 8. The van der Waals surface area contributed by atoms with Gasteiger partial charge in [-0.05, 0) is 35.7 Å². The molecule has 0 aliphatic rings. The topological polar surface area (TPSA) is 59.0 Å². The number of nitrogens with zero attached hydrogens (tertiary/aromatic N) is 1. The fraction of sp³-hybridized carbons (Fsp3) is 0.240. The van der Waals surface area contributed by atoms with E-state index in [9.17, 15) is 9.90 Å². The monoisotopic (exact) mass is 405 g/mol. The fourth-order valence-electron chi connectivity index (χ4n) is 3.76. The maximum absolute atomic E-state index is 13.0. The minimum atomic E-state index is -1.33. The number of methoxy groups -OCH3 is 2. The Hall–Kier alpha value is -3.47. The molecule has 0 spiro atoms. The predicted molar refractivity (Wildman–Crippen MR) is 119 cm³/mol. The van der Waals surface area contributed by atoms with Crippen molar-refractivity contribution in [3.63, 3.8) is 0 Å². The van der Waals surface area contributed by atoms with Crippen molar-refractivity contribution in [3.8, 4) is 11.5 Å². The van der Waals surface area contributed by atoms with E-state index in [2.05, 4.69) is 0 Å². The van der Waals surface area contributed by atoms with Gasteiger partial charge in [0.25, 0.3) is 0 Å². The van der Waals surface area contributed by atoms with E-state index in [1.165, 1.54) is 0 Å². The Morgan fingerprint density at radius 3 is 2.13 bits per heavy atom. The SMILES string of the molecule is COc1ccc(C(Cc2ccccc2)(C(=O)O)c2ccc(N(C)C)cc2OC)cc1. The highest BCUT2D eigenvalue weighted by molar-refractivity contribution is 5.88. The highest BCUT2D eigenvalue weighted by atomic mass is 16.5. The second-order valence-electron chi connectivity index (χ2n) is 7.38. The third-order valence-electron chi connectivity index (χ3n) is 5.42. The molecule has 0 bridgehead atoms. The van der Waals surface area contributed by atoms with Crippen LogP contribution in [0.25, 0.3) is 0 Å². The normalized spacial score (nSPS) is 12.7. The number of carbonyl (C=O) groups is 1. The van der Waals surface area contributed by atoms with Crippen LogP contribution in [-0.2, 0) is 16.6 Å². The highest BCUT2D eigenvalue weighted by Crippen LogP contribution is 2.42. The summed E-state index contributed by atoms with van der Waals surface area (Å²) in [4.78, 5) is 14.9. The Kier molecular flexibility index (Phi) is 6.31. The summed E-state index contributed by atoms with van der Waals surface area (Å²) in [5.41, 5.74) is 1.80. The molecule has 3 rings (SSSR count). The number of benzene rings is 3. The largest absolute Gasteiger partial charge is 0.497 e. The summed E-state index contributed by atoms with van der Waals surface area (Å²) in [6, 6.07) is 22.5. The van der Waals surface area contributed by atoms with Crippen LogP contribution in [0.1, 0.15) is 16.7 Å². The average molecular weight is 405 g/mol. The Bertz CT molecular complexity index is 999. The van der Waals surface area contributed by atoms with Gasteiger partial charge in [0.2, 0.25) is 0 Å². The smallest absolute Gasteiger partial charge is 0.319 e. The molecule has 1 N–H and O–H groups in total. The quantitative estimate of drug-likeness (QED) is 0.603. The molecule has 5 nitrogen and oxygen atoms in total. The average Bonchev–Trinajstić information content (AvgIpc) is 2.77. The van der Waals surface area contributed by atoms with E-state index in [0.29, 0.717) is 22.6 Å². The first-order valence-electron chi connectivity index (χ1n) is 9.70. The van der Waals surface area contributed by atoms with Gasteiger partial charge < -0.3 is 19.5 Å². The van der Waals surface area contributed by atoms with E-state index in [1.807, 2.05) is 79.7 Å². The second kappa shape index (κ2) is 8.91. The Balaban J connectivity index is 2.28. The van der Waals surface area contributed by atoms with Crippen LogP contribution in [0.2, 0.25) is 0 Å². The van der Waals surface area contributed by atoms with Crippen molar-refractivity contribution in [1.82, 2.24) is 0 Å². The summed E-state index contributed by atoms with van der Waals surface area (Å²) in [5.74, 6) is 0.274. The molecule has 0 saturated carbocycles. The van der Waals surface area contributed by atoms with Gasteiger partial charge >= 0.3 is 5.97 Å². The molecule has 30 heavy (non-hydrogen) atoms. The van der Waals surface area contributed by atoms with Crippen molar-refractivity contribution in [2.45, 2.75) is 11.8 Å². The second-order valence-corrected chi connectivity index (χ2v) is 7.38. The van der Waals surface area contributed by atoms with Gasteiger partial charge in [-0.3, -0.25) is 4.79 Å². The maximum Gasteiger partial charge on any atom is 0.319 e. The van der Waals surface area contributed by atoms with Crippen LogP contribution in [0.5, 0.6) is 11.5 Å². The Morgan fingerprint density at radius 1 is 0.933 bits per heavy atom. The zero-order valence-electron chi connectivity index (χ0n) is 17.8. The summed E-state index contributed by atoms with van der Waals surface area (Å²) >= 11 is 0. The zero-order valence-corrected chi connectivity index (χ0v) is 17.8. The Labute approximate surface area is 177 Å². The van der Waals surface area contributed by atoms with E-state index in [0.717, 1.165) is 11.3 Å². The Morgan fingerprint density at radius 2 is 1.60 bits per heavy atom. The van der Waals surface area contributed by atoms with Gasteiger partial charge in [0.15, 0.2) is 0 Å². The maximum atomic E-state index is 13.0. The van der Waals surface area contributed by atoms with Crippen LogP contribution < -0.4 is 14.4 Å². The molecule has 0 heterocycles. The van der Waals surface area contributed by atoms with Crippen LogP contribution >= 0.6 is 0 Å². The predicted octanol–water partition coefficient (Wildman–Crippen LogP) is 4.38. The first kappa shape index (κ1) is 21.2. The van der Waals surface area contributed by atoms with Gasteiger partial charge in [0.1, 0.15) is 16.9 Å². The van der Waals surface area contributed by atoms with Gasteiger partial charge in [-0.2, -0.15) is 0 Å². The number of carboxylic acid groups (broad SMARTS) is 1. The molecule has 3 aromatic carbocycles. The zero-order chi connectivity index (χ0) is 21.7. The van der Waals surface area contributed by atoms with Crippen LogP contribution in [0.3, 0.4) is 0 Å². The third-order valence-corrected chi connectivity index (χ3v) is 5.42. The van der Waals surface area contributed by atoms with E-state index in [-0.39, 0.29) is 6.42 Å². The fourth-order valence-corrected chi connectivity index (χ4v) is 3.76. The number of carboxylic acids is 1. The summed E-state index contributed by atoms with van der Waals surface area (Å²) in [5, 5.41) is 10.6. The lowest BCUT2D eigenvalue weighted by Crippen LogP contribution is -2.40. The van der Waals surface area contributed by atoms with E-state index in [4.69, 9.17) is 9.47 Å². The highest BCUT2D eigenvalue weighted by Gasteiger charge is 2.44. The lowest BCUT2D eigenvalue weighted by atomic mass is 9.70. The van der Waals surface area contributed by atoms with E-state index in [1.54, 1.807) is 26.4 Å². The summed E-state index contributed by atoms with van der Waals surface area (Å²) in [6.07, 6.45) is 0.285. The molecular weight excluding hydrogens is 378 g/mol. The molecule has 0 aliphatic carbocycles. The summed E-state index contributed by atoms with van der Waals surface area (Å²) in [7, 11) is 7.03. The lowest BCUT2D eigenvalue weighted by molar-refractivity contribution is -0.142. The molecule has 0 saturated heterocycles. The van der Waals surface area contributed by atoms with Crippen LogP contribution in [-0.4, -0.2) is 39.4 Å². The van der Waals surface area contributed by atoms with E-state index < -0.39 is 11.4 Å². The lowest BCUT2D eigenvalue weighted by Gasteiger charge is -2.33. The van der Waals surface area contributed by atoms with Crippen LogP contribution in [0, 0.1) is 0 Å². The molecule has 156 valence electrons. The van der Waals surface area contributed by atoms with Crippen molar-refractivity contribution < 1.29 is 19.4 Å². The molecule has 5 heteroatoms. The number of ether oxygens (including phenoxy) is 2. The van der Waals surface area contributed by atoms with Crippen LogP contribution in [0.4, 0.5) is 5.69 Å². The molecule has 0 aliphatic heterocycles. The minimum absolute atomic E-state index is 0.285. The molecule has 0 radical (unpaired) electrons. The number of hydrogen-bond donors (Lipinski definition) is 1. The molecule has 3 aromatic rings. The van der Waals surface area contributed by atoms with Crippen molar-refractivity contribution in [2.75, 3.05) is 33.2 Å². The number of hydrogen-bond acceptors (Lipinski definition) is 4. The number of aliphatic carboxylic acids is 1. The van der Waals surface area contributed by atoms with Crippen molar-refractivity contribution in [1.29, 1.82) is 0 Å². The van der Waals surface area contributed by atoms with Crippen molar-refractivity contribution in [3.05, 3.63) is 89.5 Å². The molecule has 0 aromatic heterocycles. The first-order valence-corrected chi connectivity index (χ1v) is 9.70. The first-order chi connectivity index (χ1) is 14.4. The van der Waals surface area contributed by atoms with Gasteiger partial charge in [0.05, 0.1) is 14.2 Å². The van der Waals surface area contributed by atoms with Crippen molar-refractivity contribution >= 4 is 11.7 Å². The molecule has 0 fully saturated rings. The number of anilines is 1. The summed E-state index contributed by atoms with van der Waals surface area (Å²) in [6.45, 7) is 0. The minimum Gasteiger partial charge on any atom is -0.497 e. The third kappa shape index (κ3) is 3.96. The standard InChI is InChI=1S/C25H27NO4/c1-26(2)20-12-15-22(23(16-20)30-4)25(24(27)28,17-18-8-6-5-7-9-18)19-10-13-21(29-3)14-11-19/h5-16H,17H2,1-4H3,(H,27,28). The van der Waals surface area contributed by atoms with Gasteiger partial charge in [-0.25, -0.2) is 0 Å². The van der Waals surface area contributed by atoms with Crippen LogP contribution in [0.15, 0.2) is 72.8 Å². The van der Waals surface area contributed by atoms with Crippen molar-refractivity contribution in [2.24, 2.45) is 0 Å². The van der Waals surface area contributed by atoms with Gasteiger partial charge in [-0.15, -0.1) is 0 Å².